The van der Waals surface area contributed by atoms with E-state index in [4.69, 9.17) is 4.74 Å². The van der Waals surface area contributed by atoms with Crippen molar-refractivity contribution in [2.75, 3.05) is 0 Å². The van der Waals surface area contributed by atoms with Crippen LogP contribution in [0.2, 0.25) is 0 Å². The number of rotatable bonds is 1. The summed E-state index contributed by atoms with van der Waals surface area (Å²) in [6.45, 7) is 5.46. The summed E-state index contributed by atoms with van der Waals surface area (Å²) in [5.74, 6) is 0. The van der Waals surface area contributed by atoms with Gasteiger partial charge in [-0.15, -0.1) is 0 Å². The standard InChI is InChI=1S/C15H21NO3/c1-15(2,3)19-14(18)16-12-8-10-6-4-5-7-11(10)9-13(12)17/h4-7,12-13,17H,8-9H2,1-3H3,(H,16,18). The number of fused-ring (bicyclic) bond motifs is 1. The predicted octanol–water partition coefficient (Wildman–Crippen LogP) is 2.04. The Labute approximate surface area is 113 Å². The van der Waals surface area contributed by atoms with Gasteiger partial charge in [-0.1, -0.05) is 24.3 Å². The molecule has 0 bridgehead atoms. The summed E-state index contributed by atoms with van der Waals surface area (Å²) in [6.07, 6.45) is 0.158. The molecule has 1 aromatic rings. The molecule has 0 aliphatic heterocycles. The van der Waals surface area contributed by atoms with Gasteiger partial charge in [0.1, 0.15) is 5.60 Å². The molecule has 1 aliphatic carbocycles. The molecular formula is C15H21NO3. The highest BCUT2D eigenvalue weighted by molar-refractivity contribution is 5.68. The second kappa shape index (κ2) is 5.21. The number of amides is 1. The van der Waals surface area contributed by atoms with Gasteiger partial charge in [0, 0.05) is 6.42 Å². The fraction of sp³-hybridized carbons (Fsp3) is 0.533. The fourth-order valence-corrected chi connectivity index (χ4v) is 2.30. The van der Waals surface area contributed by atoms with E-state index < -0.39 is 17.8 Å². The third kappa shape index (κ3) is 3.70. The molecule has 0 radical (unpaired) electrons. The molecule has 4 nitrogen and oxygen atoms in total. The van der Waals surface area contributed by atoms with Crippen LogP contribution in [0.5, 0.6) is 0 Å². The smallest absolute Gasteiger partial charge is 0.407 e. The molecule has 19 heavy (non-hydrogen) atoms. The molecule has 0 fully saturated rings. The summed E-state index contributed by atoms with van der Waals surface area (Å²) in [5.41, 5.74) is 1.80. The second-order valence-electron chi connectivity index (χ2n) is 6.00. The van der Waals surface area contributed by atoms with E-state index in [-0.39, 0.29) is 6.04 Å². The molecule has 1 aliphatic rings. The fourth-order valence-electron chi connectivity index (χ4n) is 2.30. The van der Waals surface area contributed by atoms with Crippen molar-refractivity contribution in [1.82, 2.24) is 5.32 Å². The van der Waals surface area contributed by atoms with Gasteiger partial charge in [-0.25, -0.2) is 4.79 Å². The summed E-state index contributed by atoms with van der Waals surface area (Å²) in [7, 11) is 0. The van der Waals surface area contributed by atoms with Gasteiger partial charge in [0.2, 0.25) is 0 Å². The third-order valence-corrected chi connectivity index (χ3v) is 3.15. The highest BCUT2D eigenvalue weighted by Gasteiger charge is 2.29. The summed E-state index contributed by atoms with van der Waals surface area (Å²) in [4.78, 5) is 11.7. The number of aliphatic hydroxyl groups excluding tert-OH is 1. The number of alkyl carbamates (subject to hydrolysis) is 1. The van der Waals surface area contributed by atoms with Crippen molar-refractivity contribution in [3.63, 3.8) is 0 Å². The van der Waals surface area contributed by atoms with Gasteiger partial charge < -0.3 is 15.2 Å². The van der Waals surface area contributed by atoms with E-state index in [0.717, 1.165) is 5.56 Å². The Morgan fingerprint density at radius 1 is 1.26 bits per heavy atom. The number of benzene rings is 1. The Hall–Kier alpha value is -1.55. The highest BCUT2D eigenvalue weighted by Crippen LogP contribution is 2.21. The summed E-state index contributed by atoms with van der Waals surface area (Å²) in [5, 5.41) is 12.8. The summed E-state index contributed by atoms with van der Waals surface area (Å²) >= 11 is 0. The lowest BCUT2D eigenvalue weighted by Gasteiger charge is -2.31. The molecule has 0 saturated heterocycles. The van der Waals surface area contributed by atoms with Crippen LogP contribution >= 0.6 is 0 Å². The van der Waals surface area contributed by atoms with Crippen molar-refractivity contribution in [2.45, 2.75) is 51.4 Å². The first kappa shape index (κ1) is 13.9. The van der Waals surface area contributed by atoms with E-state index in [1.165, 1.54) is 5.56 Å². The van der Waals surface area contributed by atoms with E-state index in [1.54, 1.807) is 0 Å². The zero-order valence-corrected chi connectivity index (χ0v) is 11.6. The van der Waals surface area contributed by atoms with E-state index in [9.17, 15) is 9.90 Å². The molecule has 2 atom stereocenters. The number of carbonyl (C=O) groups excluding carboxylic acids is 1. The maximum absolute atomic E-state index is 11.7. The van der Waals surface area contributed by atoms with E-state index in [1.807, 2.05) is 45.0 Å². The van der Waals surface area contributed by atoms with Gasteiger partial charge in [-0.05, 0) is 38.3 Å². The van der Waals surface area contributed by atoms with Gasteiger partial charge in [0.25, 0.3) is 0 Å². The third-order valence-electron chi connectivity index (χ3n) is 3.15. The summed E-state index contributed by atoms with van der Waals surface area (Å²) in [6, 6.07) is 7.70. The molecule has 0 heterocycles. The molecular weight excluding hydrogens is 242 g/mol. The highest BCUT2D eigenvalue weighted by atomic mass is 16.6. The molecule has 0 saturated carbocycles. The number of ether oxygens (including phenoxy) is 1. The van der Waals surface area contributed by atoms with Crippen molar-refractivity contribution >= 4 is 6.09 Å². The van der Waals surface area contributed by atoms with Gasteiger partial charge in [-0.3, -0.25) is 0 Å². The molecule has 4 heteroatoms. The number of nitrogens with one attached hydrogen (secondary N) is 1. The largest absolute Gasteiger partial charge is 0.444 e. The van der Waals surface area contributed by atoms with Gasteiger partial charge in [0.05, 0.1) is 12.1 Å². The Morgan fingerprint density at radius 2 is 1.84 bits per heavy atom. The average molecular weight is 263 g/mol. The van der Waals surface area contributed by atoms with Gasteiger partial charge in [0.15, 0.2) is 0 Å². The lowest BCUT2D eigenvalue weighted by molar-refractivity contribution is 0.0412. The molecule has 2 unspecified atom stereocenters. The van der Waals surface area contributed by atoms with Crippen LogP contribution in [0.15, 0.2) is 24.3 Å². The Balaban J connectivity index is 2.01. The average Bonchev–Trinajstić information content (AvgIpc) is 2.27. The van der Waals surface area contributed by atoms with E-state index in [0.29, 0.717) is 12.8 Å². The van der Waals surface area contributed by atoms with Crippen LogP contribution in [-0.4, -0.2) is 28.9 Å². The van der Waals surface area contributed by atoms with Crippen molar-refractivity contribution in [3.05, 3.63) is 35.4 Å². The van der Waals surface area contributed by atoms with Crippen molar-refractivity contribution in [1.29, 1.82) is 0 Å². The maximum Gasteiger partial charge on any atom is 0.407 e. The van der Waals surface area contributed by atoms with Crippen LogP contribution in [0, 0.1) is 0 Å². The maximum atomic E-state index is 11.7. The zero-order chi connectivity index (χ0) is 14.0. The minimum absolute atomic E-state index is 0.287. The Morgan fingerprint density at radius 3 is 2.42 bits per heavy atom. The molecule has 0 aromatic heterocycles. The lowest BCUT2D eigenvalue weighted by atomic mass is 9.86. The van der Waals surface area contributed by atoms with Gasteiger partial charge >= 0.3 is 6.09 Å². The second-order valence-corrected chi connectivity index (χ2v) is 6.00. The zero-order valence-electron chi connectivity index (χ0n) is 11.6. The first-order valence-corrected chi connectivity index (χ1v) is 6.59. The number of hydrogen-bond acceptors (Lipinski definition) is 3. The van der Waals surface area contributed by atoms with Crippen LogP contribution in [-0.2, 0) is 17.6 Å². The monoisotopic (exact) mass is 263 g/mol. The van der Waals surface area contributed by atoms with Crippen molar-refractivity contribution in [3.8, 4) is 0 Å². The first-order valence-electron chi connectivity index (χ1n) is 6.59. The Bertz CT molecular complexity index is 465. The minimum atomic E-state index is -0.567. The molecule has 104 valence electrons. The topological polar surface area (TPSA) is 58.6 Å². The van der Waals surface area contributed by atoms with Gasteiger partial charge in [-0.2, -0.15) is 0 Å². The minimum Gasteiger partial charge on any atom is -0.444 e. The van der Waals surface area contributed by atoms with Crippen LogP contribution in [0.25, 0.3) is 0 Å². The number of aliphatic hydroxyl groups is 1. The summed E-state index contributed by atoms with van der Waals surface area (Å²) < 4.78 is 5.22. The van der Waals surface area contributed by atoms with Crippen LogP contribution < -0.4 is 5.32 Å². The van der Waals surface area contributed by atoms with Crippen LogP contribution in [0.4, 0.5) is 4.79 Å². The Kier molecular flexibility index (Phi) is 3.80. The lowest BCUT2D eigenvalue weighted by Crippen LogP contribution is -2.49. The SMILES string of the molecule is CC(C)(C)OC(=O)NC1Cc2ccccc2CC1O. The van der Waals surface area contributed by atoms with Crippen molar-refractivity contribution < 1.29 is 14.6 Å². The van der Waals surface area contributed by atoms with Crippen LogP contribution in [0.1, 0.15) is 31.9 Å². The predicted molar refractivity (Wildman–Crippen MR) is 73.0 cm³/mol. The van der Waals surface area contributed by atoms with E-state index in [2.05, 4.69) is 5.32 Å². The quantitative estimate of drug-likeness (QED) is 0.815. The van der Waals surface area contributed by atoms with Crippen LogP contribution in [0.3, 0.4) is 0 Å². The van der Waals surface area contributed by atoms with E-state index >= 15 is 0 Å². The molecule has 0 spiro atoms. The molecule has 2 rings (SSSR count). The van der Waals surface area contributed by atoms with Crippen molar-refractivity contribution in [2.24, 2.45) is 0 Å². The molecule has 2 N–H and O–H groups in total. The number of hydrogen-bond donors (Lipinski definition) is 2. The molecule has 1 amide bonds. The first-order chi connectivity index (χ1) is 8.85. The number of carbonyl (C=O) groups is 1. The molecule has 1 aromatic carbocycles. The normalized spacial score (nSPS) is 22.5.